The molecule has 32 heavy (non-hydrogen) atoms. The van der Waals surface area contributed by atoms with Gasteiger partial charge in [0.15, 0.2) is 0 Å². The van der Waals surface area contributed by atoms with Crippen molar-refractivity contribution in [2.45, 2.75) is 33.8 Å². The van der Waals surface area contributed by atoms with Crippen LogP contribution in [-0.2, 0) is 29.6 Å². The number of nitrogens with zero attached hydrogens (tertiary/aromatic N) is 2. The predicted octanol–water partition coefficient (Wildman–Crippen LogP) is 6.20. The van der Waals surface area contributed by atoms with Gasteiger partial charge in [0.25, 0.3) is 0 Å². The van der Waals surface area contributed by atoms with E-state index >= 15 is 0 Å². The second-order valence-electron chi connectivity index (χ2n) is 6.87. The molecule has 4 rings (SSSR count). The molecule has 0 unspecified atom stereocenters. The van der Waals surface area contributed by atoms with Gasteiger partial charge in [-0.3, -0.25) is 9.48 Å². The van der Waals surface area contributed by atoms with Crippen LogP contribution in [0.2, 0.25) is 5.02 Å². The summed E-state index contributed by atoms with van der Waals surface area (Å²) in [7, 11) is 1.86. The monoisotopic (exact) mass is 454 g/mol. The minimum Gasteiger partial charge on any atom is -0.488 e. The van der Waals surface area contributed by atoms with E-state index in [0.717, 1.165) is 33.2 Å². The SMILES string of the molecule is CC.CCOC(=O)Cc1ccccc1OCc1coc2c(-c3cnn(C)c3)cc(Cl)cc12. The van der Waals surface area contributed by atoms with Crippen LogP contribution in [0.4, 0.5) is 0 Å². The number of esters is 1. The molecule has 0 aliphatic rings. The number of fused-ring (bicyclic) bond motifs is 1. The van der Waals surface area contributed by atoms with Gasteiger partial charge in [-0.2, -0.15) is 5.10 Å². The molecule has 0 saturated heterocycles. The molecule has 4 aromatic rings. The molecule has 7 heteroatoms. The van der Waals surface area contributed by atoms with Crippen molar-refractivity contribution in [2.24, 2.45) is 7.05 Å². The molecule has 0 aliphatic heterocycles. The second-order valence-corrected chi connectivity index (χ2v) is 7.31. The van der Waals surface area contributed by atoms with Crippen LogP contribution in [-0.4, -0.2) is 22.4 Å². The molecular formula is C25H27ClN2O4. The predicted molar refractivity (Wildman–Crippen MR) is 126 cm³/mol. The minimum atomic E-state index is -0.282. The number of hydrogen-bond donors (Lipinski definition) is 0. The third-order valence-electron chi connectivity index (χ3n) is 4.73. The Balaban J connectivity index is 0.00000141. The van der Waals surface area contributed by atoms with Crippen LogP contribution in [0.25, 0.3) is 22.1 Å². The van der Waals surface area contributed by atoms with Gasteiger partial charge in [-0.05, 0) is 25.1 Å². The van der Waals surface area contributed by atoms with Gasteiger partial charge >= 0.3 is 5.97 Å². The number of carbonyl (C=O) groups is 1. The molecule has 0 fully saturated rings. The van der Waals surface area contributed by atoms with E-state index in [-0.39, 0.29) is 19.0 Å². The highest BCUT2D eigenvalue weighted by molar-refractivity contribution is 6.32. The van der Waals surface area contributed by atoms with Crippen molar-refractivity contribution >= 4 is 28.5 Å². The van der Waals surface area contributed by atoms with E-state index in [9.17, 15) is 4.79 Å². The summed E-state index contributed by atoms with van der Waals surface area (Å²) in [6.07, 6.45) is 5.52. The van der Waals surface area contributed by atoms with Crippen LogP contribution >= 0.6 is 11.6 Å². The van der Waals surface area contributed by atoms with Gasteiger partial charge in [-0.15, -0.1) is 0 Å². The lowest BCUT2D eigenvalue weighted by Crippen LogP contribution is -2.09. The quantitative estimate of drug-likeness (QED) is 0.311. The first-order chi connectivity index (χ1) is 15.5. The fourth-order valence-electron chi connectivity index (χ4n) is 3.35. The lowest BCUT2D eigenvalue weighted by atomic mass is 10.1. The maximum Gasteiger partial charge on any atom is 0.310 e. The van der Waals surface area contributed by atoms with Crippen molar-refractivity contribution in [2.75, 3.05) is 6.61 Å². The molecule has 0 atom stereocenters. The van der Waals surface area contributed by atoms with Gasteiger partial charge in [0.2, 0.25) is 0 Å². The third kappa shape index (κ3) is 5.32. The van der Waals surface area contributed by atoms with E-state index in [1.807, 2.05) is 63.5 Å². The third-order valence-corrected chi connectivity index (χ3v) is 4.95. The lowest BCUT2D eigenvalue weighted by Gasteiger charge is -2.11. The molecule has 0 aliphatic carbocycles. The van der Waals surface area contributed by atoms with Crippen molar-refractivity contribution in [3.05, 3.63) is 71.2 Å². The Kier molecular flexibility index (Phi) is 7.95. The number of rotatable bonds is 7. The number of furan rings is 1. The van der Waals surface area contributed by atoms with E-state index in [1.54, 1.807) is 24.1 Å². The minimum absolute atomic E-state index is 0.160. The number of ether oxygens (including phenoxy) is 2. The fourth-order valence-corrected chi connectivity index (χ4v) is 3.57. The standard InChI is InChI=1S/C23H21ClN2O4.C2H6/c1-3-28-22(27)8-15-6-4-5-7-21(15)29-13-17-14-30-23-19(9-18(24)10-20(17)23)16-11-25-26(2)12-16;1-2/h4-7,9-12,14H,3,8,13H2,1-2H3;1-2H3. The van der Waals surface area contributed by atoms with Crippen molar-refractivity contribution in [1.82, 2.24) is 9.78 Å². The topological polar surface area (TPSA) is 66.5 Å². The molecule has 168 valence electrons. The first-order valence-corrected chi connectivity index (χ1v) is 11.0. The molecule has 2 aromatic heterocycles. The van der Waals surface area contributed by atoms with Crippen LogP contribution in [0.1, 0.15) is 31.9 Å². The zero-order valence-electron chi connectivity index (χ0n) is 18.7. The summed E-state index contributed by atoms with van der Waals surface area (Å²) < 4.78 is 18.7. The van der Waals surface area contributed by atoms with Gasteiger partial charge in [0.1, 0.15) is 17.9 Å². The van der Waals surface area contributed by atoms with Crippen LogP contribution < -0.4 is 4.74 Å². The molecule has 2 aromatic carbocycles. The van der Waals surface area contributed by atoms with Gasteiger partial charge in [-0.1, -0.05) is 43.6 Å². The van der Waals surface area contributed by atoms with E-state index in [2.05, 4.69) is 5.10 Å². The summed E-state index contributed by atoms with van der Waals surface area (Å²) >= 11 is 6.38. The summed E-state index contributed by atoms with van der Waals surface area (Å²) in [6.45, 7) is 6.41. The number of benzene rings is 2. The Morgan fingerprint density at radius 3 is 2.69 bits per heavy atom. The summed E-state index contributed by atoms with van der Waals surface area (Å²) in [5, 5.41) is 5.71. The van der Waals surface area contributed by atoms with Crippen molar-refractivity contribution in [3.63, 3.8) is 0 Å². The second kappa shape index (κ2) is 10.9. The van der Waals surface area contributed by atoms with Crippen LogP contribution in [0.5, 0.6) is 5.75 Å². The summed E-state index contributed by atoms with van der Waals surface area (Å²) in [4.78, 5) is 11.9. The molecule has 0 spiro atoms. The molecule has 0 N–H and O–H groups in total. The normalized spacial score (nSPS) is 10.5. The van der Waals surface area contributed by atoms with Gasteiger partial charge in [-0.25, -0.2) is 0 Å². The lowest BCUT2D eigenvalue weighted by molar-refractivity contribution is -0.142. The Morgan fingerprint density at radius 2 is 1.97 bits per heavy atom. The number of aryl methyl sites for hydroxylation is 1. The van der Waals surface area contributed by atoms with E-state index in [0.29, 0.717) is 17.4 Å². The Hall–Kier alpha value is -3.25. The molecule has 0 radical (unpaired) electrons. The van der Waals surface area contributed by atoms with Crippen molar-refractivity contribution < 1.29 is 18.7 Å². The number of hydrogen-bond acceptors (Lipinski definition) is 5. The number of aromatic nitrogens is 2. The van der Waals surface area contributed by atoms with Crippen molar-refractivity contribution in [3.8, 4) is 16.9 Å². The first kappa shape index (κ1) is 23.4. The maximum atomic E-state index is 11.9. The average Bonchev–Trinajstić information content (AvgIpc) is 3.40. The first-order valence-electron chi connectivity index (χ1n) is 10.6. The number of halogens is 1. The maximum absolute atomic E-state index is 11.9. The number of para-hydroxylation sites is 1. The van der Waals surface area contributed by atoms with Crippen LogP contribution in [0.3, 0.4) is 0 Å². The highest BCUT2D eigenvalue weighted by atomic mass is 35.5. The molecule has 0 bridgehead atoms. The van der Waals surface area contributed by atoms with Crippen LogP contribution in [0.15, 0.2) is 59.5 Å². The van der Waals surface area contributed by atoms with E-state index in [1.165, 1.54) is 0 Å². The van der Waals surface area contributed by atoms with Crippen LogP contribution in [0, 0.1) is 0 Å². The smallest absolute Gasteiger partial charge is 0.310 e. The summed E-state index contributed by atoms with van der Waals surface area (Å²) in [5.74, 6) is 0.351. The van der Waals surface area contributed by atoms with E-state index in [4.69, 9.17) is 25.5 Å². The molecular weight excluding hydrogens is 428 g/mol. The van der Waals surface area contributed by atoms with Crippen molar-refractivity contribution in [1.29, 1.82) is 0 Å². The van der Waals surface area contributed by atoms with E-state index < -0.39 is 0 Å². The van der Waals surface area contributed by atoms with Gasteiger partial charge in [0, 0.05) is 45.9 Å². The number of carbonyl (C=O) groups excluding carboxylic acids is 1. The largest absolute Gasteiger partial charge is 0.488 e. The van der Waals surface area contributed by atoms with Gasteiger partial charge in [0.05, 0.1) is 25.5 Å². The zero-order valence-corrected chi connectivity index (χ0v) is 19.5. The Bertz CT molecular complexity index is 1200. The average molecular weight is 455 g/mol. The highest BCUT2D eigenvalue weighted by Gasteiger charge is 2.16. The van der Waals surface area contributed by atoms with Gasteiger partial charge < -0.3 is 13.9 Å². The molecule has 0 amide bonds. The fraction of sp³-hybridized carbons (Fsp3) is 0.280. The Morgan fingerprint density at radius 1 is 1.19 bits per heavy atom. The zero-order chi connectivity index (χ0) is 23.1. The highest BCUT2D eigenvalue weighted by Crippen LogP contribution is 2.35. The summed E-state index contributed by atoms with van der Waals surface area (Å²) in [5.41, 5.74) is 4.17. The molecule has 6 nitrogen and oxygen atoms in total. The Labute approximate surface area is 192 Å². The summed E-state index contributed by atoms with van der Waals surface area (Å²) in [6, 6.07) is 11.2. The molecule has 2 heterocycles. The molecule has 0 saturated carbocycles.